The van der Waals surface area contributed by atoms with Crippen LogP contribution >= 0.6 is 0 Å². The Hall–Kier alpha value is 0.157. The molecule has 0 bridgehead atoms. The maximum absolute atomic E-state index is 9.12. The SMILES string of the molecule is O=C(O)CO.O=C(O)CO.[OH][Ce][OH]. The van der Waals surface area contributed by atoms with Crippen LogP contribution in [0.5, 0.6) is 0 Å². The molecule has 0 aliphatic heterocycles. The molecule has 0 aromatic carbocycles. The molecular formula is C4H10CeO8. The van der Waals surface area contributed by atoms with Crippen LogP contribution in [0.25, 0.3) is 0 Å². The van der Waals surface area contributed by atoms with E-state index in [1.165, 1.54) is 0 Å². The molecule has 8 nitrogen and oxygen atoms in total. The van der Waals surface area contributed by atoms with Gasteiger partial charge in [0.2, 0.25) is 0 Å². The molecule has 0 aliphatic carbocycles. The predicted molar refractivity (Wildman–Crippen MR) is 33.9 cm³/mol. The Kier molecular flexibility index (Phi) is 26.2. The topological polar surface area (TPSA) is 156 Å². The first-order chi connectivity index (χ1) is 5.95. The molecule has 9 heteroatoms. The minimum absolute atomic E-state index is 0.778. The van der Waals surface area contributed by atoms with E-state index in [9.17, 15) is 0 Å². The van der Waals surface area contributed by atoms with E-state index in [0.29, 0.717) is 0 Å². The Morgan fingerprint density at radius 1 is 0.923 bits per heavy atom. The summed E-state index contributed by atoms with van der Waals surface area (Å²) in [5.41, 5.74) is 0. The normalized spacial score (nSPS) is 6.77. The molecule has 78 valence electrons. The molecule has 6 N–H and O–H groups in total. The average molecular weight is 326 g/mol. The number of aliphatic hydroxyl groups is 2. The van der Waals surface area contributed by atoms with Gasteiger partial charge in [0, 0.05) is 0 Å². The molecule has 0 atom stereocenters. The first kappa shape index (κ1) is 18.8. The number of aliphatic carboxylic acids is 2. The van der Waals surface area contributed by atoms with Crippen molar-refractivity contribution >= 4 is 11.9 Å². The van der Waals surface area contributed by atoms with Gasteiger partial charge < -0.3 is 20.4 Å². The van der Waals surface area contributed by atoms with Crippen LogP contribution in [-0.2, 0) is 9.59 Å². The van der Waals surface area contributed by atoms with Gasteiger partial charge in [0.15, 0.2) is 0 Å². The molecule has 13 heavy (non-hydrogen) atoms. The van der Waals surface area contributed by atoms with Gasteiger partial charge in [0.25, 0.3) is 0 Å². The standard InChI is InChI=1S/2C2H4O3.Ce.2H2O/c2*3-1-2(4)5;;;/h2*3H,1H2,(H,4,5);;2*1H2/q;;+2;;/p-2. The third kappa shape index (κ3) is 72.6. The number of rotatable bonds is 2. The van der Waals surface area contributed by atoms with E-state index in [1.54, 1.807) is 0 Å². The molecule has 0 heterocycles. The van der Waals surface area contributed by atoms with Gasteiger partial charge in [-0.2, -0.15) is 0 Å². The Morgan fingerprint density at radius 2 is 1.00 bits per heavy atom. The van der Waals surface area contributed by atoms with Crippen LogP contribution in [0.3, 0.4) is 0 Å². The molecule has 0 saturated carbocycles. The zero-order valence-corrected chi connectivity index (χ0v) is 9.55. The van der Waals surface area contributed by atoms with Gasteiger partial charge in [-0.15, -0.1) is 0 Å². The van der Waals surface area contributed by atoms with E-state index < -0.39 is 63.9 Å². The number of hydrogen-bond donors (Lipinski definition) is 6. The summed E-state index contributed by atoms with van der Waals surface area (Å²) in [6, 6.07) is 0. The first-order valence-corrected chi connectivity index (χ1v) is 5.45. The molecule has 0 radical (unpaired) electrons. The second kappa shape index (κ2) is 18.0. The minimum atomic E-state index is -1.92. The summed E-state index contributed by atoms with van der Waals surface area (Å²) in [7, 11) is 0. The third-order valence-corrected chi connectivity index (χ3v) is 0.271. The number of carboxylic acid groups (broad SMARTS) is 2. The fraction of sp³-hybridized carbons (Fsp3) is 0.500. The Bertz CT molecular complexity index is 111. The van der Waals surface area contributed by atoms with E-state index >= 15 is 0 Å². The monoisotopic (exact) mass is 326 g/mol. The number of hydrogen-bond acceptors (Lipinski definition) is 6. The van der Waals surface area contributed by atoms with Crippen LogP contribution in [0.1, 0.15) is 0 Å². The van der Waals surface area contributed by atoms with Crippen molar-refractivity contribution in [3.05, 3.63) is 0 Å². The zero-order valence-electron chi connectivity index (χ0n) is 6.41. The zero-order chi connectivity index (χ0) is 11.3. The Morgan fingerprint density at radius 3 is 1.00 bits per heavy atom. The van der Waals surface area contributed by atoms with E-state index in [1.807, 2.05) is 0 Å². The van der Waals surface area contributed by atoms with Crippen LogP contribution in [0, 0.1) is 38.8 Å². The molecule has 0 aromatic heterocycles. The van der Waals surface area contributed by atoms with Crippen molar-refractivity contribution in [1.82, 2.24) is 0 Å². The third-order valence-electron chi connectivity index (χ3n) is 0.271. The molecule has 0 rings (SSSR count). The second-order valence-corrected chi connectivity index (χ2v) is 1.83. The van der Waals surface area contributed by atoms with Gasteiger partial charge in [0.1, 0.15) is 13.2 Å². The average Bonchev–Trinajstić information content (AvgIpc) is 2.07. The fourth-order valence-corrected chi connectivity index (χ4v) is 0. The summed E-state index contributed by atoms with van der Waals surface area (Å²) in [6.45, 7) is -1.56. The van der Waals surface area contributed by atoms with E-state index in [0.717, 1.165) is 0 Å². The quantitative estimate of drug-likeness (QED) is 0.314. The molecule has 0 saturated heterocycles. The van der Waals surface area contributed by atoms with Crippen LogP contribution in [0.15, 0.2) is 0 Å². The summed E-state index contributed by atoms with van der Waals surface area (Å²) >= 11 is -1.92. The van der Waals surface area contributed by atoms with Crippen LogP contribution < -0.4 is 0 Å². The summed E-state index contributed by atoms with van der Waals surface area (Å²) in [5.74, 6) is -2.38. The number of aliphatic hydroxyl groups excluding tert-OH is 2. The molecule has 0 aromatic rings. The van der Waals surface area contributed by atoms with Gasteiger partial charge in [0.05, 0.1) is 0 Å². The molecule has 0 amide bonds. The van der Waals surface area contributed by atoms with Gasteiger partial charge in [-0.3, -0.25) is 0 Å². The first-order valence-electron chi connectivity index (χ1n) is 2.64. The van der Waals surface area contributed by atoms with Crippen molar-refractivity contribution in [3.63, 3.8) is 0 Å². The molecule has 0 fully saturated rings. The van der Waals surface area contributed by atoms with Crippen LogP contribution in [0.2, 0.25) is 0 Å². The molecular weight excluding hydrogens is 316 g/mol. The van der Waals surface area contributed by atoms with Gasteiger partial charge in [-0.1, -0.05) is 0 Å². The van der Waals surface area contributed by atoms with Crippen molar-refractivity contribution < 1.29 is 71.4 Å². The molecule has 0 spiro atoms. The summed E-state index contributed by atoms with van der Waals surface area (Å²) < 4.78 is 14.6. The number of carbonyl (C=O) groups is 2. The van der Waals surface area contributed by atoms with Crippen molar-refractivity contribution in [2.24, 2.45) is 0 Å². The molecule has 0 unspecified atom stereocenters. The van der Waals surface area contributed by atoms with Crippen molar-refractivity contribution in [3.8, 4) is 0 Å². The van der Waals surface area contributed by atoms with Crippen LogP contribution in [0.4, 0.5) is 0 Å². The van der Waals surface area contributed by atoms with E-state index in [2.05, 4.69) is 0 Å². The van der Waals surface area contributed by atoms with Gasteiger partial charge in [-0.25, -0.2) is 9.59 Å². The Balaban J connectivity index is -0.000000120. The maximum atomic E-state index is 9.12. The second-order valence-electron chi connectivity index (χ2n) is 1.20. The predicted octanol–water partition coefficient (Wildman–Crippen LogP) is -2.99. The fourth-order valence-electron chi connectivity index (χ4n) is 0. The number of carboxylic acids is 2. The molecule has 0 aliphatic rings. The Labute approximate surface area is 95.9 Å². The van der Waals surface area contributed by atoms with Crippen molar-refractivity contribution in [2.75, 3.05) is 13.2 Å². The van der Waals surface area contributed by atoms with Crippen LogP contribution in [-0.4, -0.2) is 48.2 Å². The van der Waals surface area contributed by atoms with Gasteiger partial charge in [-0.05, 0) is 0 Å². The van der Waals surface area contributed by atoms with E-state index in [4.69, 9.17) is 32.7 Å². The van der Waals surface area contributed by atoms with Crippen molar-refractivity contribution in [2.45, 2.75) is 0 Å². The summed E-state index contributed by atoms with van der Waals surface area (Å²) in [6.07, 6.45) is 0. The van der Waals surface area contributed by atoms with Crippen molar-refractivity contribution in [1.29, 1.82) is 0 Å². The van der Waals surface area contributed by atoms with Gasteiger partial charge >= 0.3 is 53.3 Å². The summed E-state index contributed by atoms with van der Waals surface area (Å²) in [4.78, 5) is 18.2. The summed E-state index contributed by atoms with van der Waals surface area (Å²) in [5, 5.41) is 30.0. The van der Waals surface area contributed by atoms with E-state index in [-0.39, 0.29) is 0 Å².